The van der Waals surface area contributed by atoms with E-state index in [1.165, 1.54) is 4.31 Å². The maximum atomic E-state index is 12.8. The average Bonchev–Trinajstić information content (AvgIpc) is 2.62. The van der Waals surface area contributed by atoms with Gasteiger partial charge in [0.15, 0.2) is 0 Å². The highest BCUT2D eigenvalue weighted by atomic mass is 32.2. The van der Waals surface area contributed by atoms with E-state index in [1.807, 2.05) is 35.2 Å². The number of piperazine rings is 1. The Kier molecular flexibility index (Phi) is 5.76. The van der Waals surface area contributed by atoms with Crippen molar-refractivity contribution in [2.24, 2.45) is 5.92 Å². The number of nitrogens with one attached hydrogen (secondary N) is 1. The van der Waals surface area contributed by atoms with Gasteiger partial charge in [-0.2, -0.15) is 0 Å². The normalized spacial score (nSPS) is 25.7. The van der Waals surface area contributed by atoms with Gasteiger partial charge in [-0.25, -0.2) is 12.7 Å². The highest BCUT2D eigenvalue weighted by Gasteiger charge is 2.35. The first-order valence-electron chi connectivity index (χ1n) is 8.99. The van der Waals surface area contributed by atoms with Gasteiger partial charge in [-0.15, -0.1) is 0 Å². The molecule has 2 fully saturated rings. The van der Waals surface area contributed by atoms with E-state index in [1.54, 1.807) is 0 Å². The third-order valence-electron chi connectivity index (χ3n) is 5.00. The minimum Gasteiger partial charge on any atom is -0.340 e. The van der Waals surface area contributed by atoms with Crippen molar-refractivity contribution in [1.29, 1.82) is 0 Å². The SMILES string of the molecule is CC1CN(C(=O)C2CCCN(S(=O)(=O)Cc3ccccc3)C2)CCN1. The maximum absolute atomic E-state index is 12.8. The number of piperidine rings is 1. The molecule has 1 aromatic rings. The topological polar surface area (TPSA) is 69.7 Å². The van der Waals surface area contributed by atoms with Gasteiger partial charge in [0.05, 0.1) is 11.7 Å². The Balaban J connectivity index is 1.65. The monoisotopic (exact) mass is 365 g/mol. The van der Waals surface area contributed by atoms with Gasteiger partial charge in [0.2, 0.25) is 15.9 Å². The first-order chi connectivity index (χ1) is 12.0. The van der Waals surface area contributed by atoms with Crippen molar-refractivity contribution in [2.75, 3.05) is 32.7 Å². The third-order valence-corrected chi connectivity index (χ3v) is 6.82. The van der Waals surface area contributed by atoms with Crippen molar-refractivity contribution in [3.05, 3.63) is 35.9 Å². The molecular formula is C18H27N3O3S. The zero-order valence-corrected chi connectivity index (χ0v) is 15.5. The summed E-state index contributed by atoms with van der Waals surface area (Å²) in [4.78, 5) is 14.7. The van der Waals surface area contributed by atoms with Crippen LogP contribution >= 0.6 is 0 Å². The van der Waals surface area contributed by atoms with Crippen LogP contribution in [-0.2, 0) is 20.6 Å². The summed E-state index contributed by atoms with van der Waals surface area (Å²) in [6, 6.07) is 9.51. The quantitative estimate of drug-likeness (QED) is 0.866. The van der Waals surface area contributed by atoms with Crippen LogP contribution in [0.1, 0.15) is 25.3 Å². The van der Waals surface area contributed by atoms with Crippen molar-refractivity contribution in [2.45, 2.75) is 31.6 Å². The molecule has 2 unspecified atom stereocenters. The van der Waals surface area contributed by atoms with Gasteiger partial charge in [-0.05, 0) is 25.3 Å². The molecule has 0 saturated carbocycles. The van der Waals surface area contributed by atoms with Crippen molar-refractivity contribution in [3.8, 4) is 0 Å². The molecule has 2 aliphatic heterocycles. The zero-order valence-electron chi connectivity index (χ0n) is 14.7. The van der Waals surface area contributed by atoms with Crippen molar-refractivity contribution < 1.29 is 13.2 Å². The molecule has 0 radical (unpaired) electrons. The highest BCUT2D eigenvalue weighted by Crippen LogP contribution is 2.23. The smallest absolute Gasteiger partial charge is 0.227 e. The number of sulfonamides is 1. The molecule has 0 spiro atoms. The summed E-state index contributed by atoms with van der Waals surface area (Å²) in [5.74, 6) is -0.114. The highest BCUT2D eigenvalue weighted by molar-refractivity contribution is 7.88. The molecule has 7 heteroatoms. The van der Waals surface area contributed by atoms with E-state index >= 15 is 0 Å². The minimum absolute atomic E-state index is 0.000577. The molecule has 25 heavy (non-hydrogen) atoms. The summed E-state index contributed by atoms with van der Waals surface area (Å²) in [5, 5.41) is 3.33. The first-order valence-corrected chi connectivity index (χ1v) is 10.6. The Hall–Kier alpha value is -1.44. The third kappa shape index (κ3) is 4.59. The van der Waals surface area contributed by atoms with Gasteiger partial charge in [-0.3, -0.25) is 4.79 Å². The molecular weight excluding hydrogens is 338 g/mol. The summed E-state index contributed by atoms with van der Waals surface area (Å²) in [7, 11) is -3.39. The Labute approximate surface area is 150 Å². The number of carbonyl (C=O) groups excluding carboxylic acids is 1. The van der Waals surface area contributed by atoms with Crippen LogP contribution in [-0.4, -0.2) is 62.3 Å². The second-order valence-corrected chi connectivity index (χ2v) is 9.05. The van der Waals surface area contributed by atoms with E-state index in [9.17, 15) is 13.2 Å². The number of nitrogens with zero attached hydrogens (tertiary/aromatic N) is 2. The van der Waals surface area contributed by atoms with Crippen molar-refractivity contribution in [1.82, 2.24) is 14.5 Å². The van der Waals surface area contributed by atoms with Crippen LogP contribution in [0.2, 0.25) is 0 Å². The van der Waals surface area contributed by atoms with Gasteiger partial charge >= 0.3 is 0 Å². The van der Waals surface area contributed by atoms with Crippen molar-refractivity contribution in [3.63, 3.8) is 0 Å². The Morgan fingerprint density at radius 1 is 1.20 bits per heavy atom. The van der Waals surface area contributed by atoms with E-state index in [4.69, 9.17) is 0 Å². The lowest BCUT2D eigenvalue weighted by atomic mass is 9.97. The standard InChI is InChI=1S/C18H27N3O3S/c1-15-12-20(11-9-19-15)18(22)17-8-5-10-21(13-17)25(23,24)14-16-6-3-2-4-7-16/h2-4,6-7,15,17,19H,5,8-14H2,1H3. The summed E-state index contributed by atoms with van der Waals surface area (Å²) in [6.07, 6.45) is 1.51. The molecule has 6 nitrogen and oxygen atoms in total. The van der Waals surface area contributed by atoms with Gasteiger partial charge in [0.1, 0.15) is 0 Å². The Morgan fingerprint density at radius 3 is 2.68 bits per heavy atom. The van der Waals surface area contributed by atoms with E-state index < -0.39 is 10.0 Å². The van der Waals surface area contributed by atoms with E-state index in [0.717, 1.165) is 24.9 Å². The number of benzene rings is 1. The molecule has 0 aromatic heterocycles. The van der Waals surface area contributed by atoms with Crippen molar-refractivity contribution >= 4 is 15.9 Å². The second kappa shape index (κ2) is 7.85. The summed E-state index contributed by atoms with van der Waals surface area (Å²) < 4.78 is 27.0. The summed E-state index contributed by atoms with van der Waals surface area (Å²) >= 11 is 0. The van der Waals surface area contributed by atoms with Gasteiger partial charge in [0, 0.05) is 38.8 Å². The largest absolute Gasteiger partial charge is 0.340 e. The molecule has 0 bridgehead atoms. The fourth-order valence-corrected chi connectivity index (χ4v) is 5.27. The Bertz CT molecular complexity index is 693. The van der Waals surface area contributed by atoms with Crippen LogP contribution in [0.5, 0.6) is 0 Å². The minimum atomic E-state index is -3.39. The molecule has 0 aliphatic carbocycles. The fraction of sp³-hybridized carbons (Fsp3) is 0.611. The van der Waals surface area contributed by atoms with Crippen LogP contribution in [0.25, 0.3) is 0 Å². The van der Waals surface area contributed by atoms with Crippen LogP contribution in [0, 0.1) is 5.92 Å². The maximum Gasteiger partial charge on any atom is 0.227 e. The van der Waals surface area contributed by atoms with Crippen LogP contribution in [0.4, 0.5) is 0 Å². The summed E-state index contributed by atoms with van der Waals surface area (Å²) in [6.45, 7) is 5.10. The average molecular weight is 365 g/mol. The number of carbonyl (C=O) groups is 1. The predicted octanol–water partition coefficient (Wildman–Crippen LogP) is 1.05. The van der Waals surface area contributed by atoms with Crippen LogP contribution in [0.3, 0.4) is 0 Å². The number of rotatable bonds is 4. The number of hydrogen-bond donors (Lipinski definition) is 1. The van der Waals surface area contributed by atoms with Crippen LogP contribution in [0.15, 0.2) is 30.3 Å². The van der Waals surface area contributed by atoms with Gasteiger partial charge < -0.3 is 10.2 Å². The lowest BCUT2D eigenvalue weighted by molar-refractivity contribution is -0.137. The molecule has 1 amide bonds. The molecule has 1 N–H and O–H groups in total. The fourth-order valence-electron chi connectivity index (χ4n) is 3.66. The molecule has 2 saturated heterocycles. The van der Waals surface area contributed by atoms with Gasteiger partial charge in [0.25, 0.3) is 0 Å². The van der Waals surface area contributed by atoms with Crippen LogP contribution < -0.4 is 5.32 Å². The predicted molar refractivity (Wildman–Crippen MR) is 97.4 cm³/mol. The number of hydrogen-bond acceptors (Lipinski definition) is 4. The molecule has 138 valence electrons. The lowest BCUT2D eigenvalue weighted by Gasteiger charge is -2.37. The Morgan fingerprint density at radius 2 is 1.96 bits per heavy atom. The molecule has 1 aromatic carbocycles. The van der Waals surface area contributed by atoms with E-state index in [2.05, 4.69) is 12.2 Å². The van der Waals surface area contributed by atoms with Gasteiger partial charge in [-0.1, -0.05) is 30.3 Å². The zero-order chi connectivity index (χ0) is 17.9. The summed E-state index contributed by atoms with van der Waals surface area (Å²) in [5.41, 5.74) is 0.784. The number of amides is 1. The molecule has 2 heterocycles. The molecule has 2 atom stereocenters. The molecule has 2 aliphatic rings. The lowest BCUT2D eigenvalue weighted by Crippen LogP contribution is -2.54. The first kappa shape index (κ1) is 18.4. The molecule has 3 rings (SSSR count). The van der Waals surface area contributed by atoms with E-state index in [-0.39, 0.29) is 17.6 Å². The van der Waals surface area contributed by atoms with E-state index in [0.29, 0.717) is 32.2 Å². The second-order valence-electron chi connectivity index (χ2n) is 7.08.